The Labute approximate surface area is 158 Å². The number of carbonyl (C=O) groups is 1. The average molecular weight is 400 g/mol. The van der Waals surface area contributed by atoms with Crippen molar-refractivity contribution in [3.63, 3.8) is 0 Å². The van der Waals surface area contributed by atoms with Crippen LogP contribution in [0.2, 0.25) is 0 Å². The van der Waals surface area contributed by atoms with E-state index in [1.54, 1.807) is 6.92 Å². The summed E-state index contributed by atoms with van der Waals surface area (Å²) in [4.78, 5) is 17.1. The molecule has 2 aromatic carbocycles. The second-order valence-corrected chi connectivity index (χ2v) is 5.81. The van der Waals surface area contributed by atoms with Crippen molar-refractivity contribution >= 4 is 12.1 Å². The molecule has 0 fully saturated rings. The van der Waals surface area contributed by atoms with Crippen molar-refractivity contribution in [3.05, 3.63) is 70.8 Å². The summed E-state index contributed by atoms with van der Waals surface area (Å²) in [5.74, 6) is -1.93. The van der Waals surface area contributed by atoms with Crippen LogP contribution in [0, 0.1) is 11.6 Å². The van der Waals surface area contributed by atoms with Gasteiger partial charge in [0, 0.05) is 12.1 Å². The number of nitrogens with one attached hydrogen (secondary N) is 1. The van der Waals surface area contributed by atoms with Crippen molar-refractivity contribution in [1.29, 1.82) is 0 Å². The molecule has 0 bridgehead atoms. The molecule has 0 aliphatic heterocycles. The highest BCUT2D eigenvalue weighted by atomic mass is 19.4. The lowest BCUT2D eigenvalue weighted by molar-refractivity contribution is -0.137. The third-order valence-corrected chi connectivity index (χ3v) is 3.73. The molecule has 0 aliphatic carbocycles. The molecule has 0 heterocycles. The molecular formula is C19H17F5N2O2. The van der Waals surface area contributed by atoms with Gasteiger partial charge in [0.1, 0.15) is 11.6 Å². The van der Waals surface area contributed by atoms with Crippen LogP contribution in [0.25, 0.3) is 0 Å². The number of rotatable bonds is 7. The molecule has 9 heteroatoms. The third kappa shape index (κ3) is 6.04. The Morgan fingerprint density at radius 3 is 2.64 bits per heavy atom. The highest BCUT2D eigenvalue weighted by Gasteiger charge is 2.30. The summed E-state index contributed by atoms with van der Waals surface area (Å²) in [6.07, 6.45) is -4.27. The van der Waals surface area contributed by atoms with Crippen LogP contribution < -0.4 is 5.32 Å². The fraction of sp³-hybridized carbons (Fsp3) is 0.263. The maximum atomic E-state index is 13.6. The van der Waals surface area contributed by atoms with Crippen molar-refractivity contribution in [1.82, 2.24) is 5.32 Å². The van der Waals surface area contributed by atoms with Gasteiger partial charge in [0.25, 0.3) is 5.91 Å². The summed E-state index contributed by atoms with van der Waals surface area (Å²) in [5.41, 5.74) is -0.721. The van der Waals surface area contributed by atoms with Gasteiger partial charge in [-0.3, -0.25) is 4.79 Å². The second kappa shape index (κ2) is 9.29. The van der Waals surface area contributed by atoms with Crippen molar-refractivity contribution in [2.45, 2.75) is 32.2 Å². The molecule has 0 aliphatic rings. The van der Waals surface area contributed by atoms with Crippen LogP contribution in [0.15, 0.2) is 47.6 Å². The van der Waals surface area contributed by atoms with Gasteiger partial charge >= 0.3 is 6.18 Å². The molecule has 0 radical (unpaired) electrons. The predicted octanol–water partition coefficient (Wildman–Crippen LogP) is 4.43. The molecule has 0 saturated carbocycles. The summed E-state index contributed by atoms with van der Waals surface area (Å²) in [5, 5.41) is 5.96. The first kappa shape index (κ1) is 21.3. The number of halogens is 5. The number of carbonyl (C=O) groups excluding carboxylic acids is 1. The number of oxime groups is 1. The minimum atomic E-state index is -4.48. The molecular weight excluding hydrogens is 383 g/mol. The van der Waals surface area contributed by atoms with Crippen LogP contribution >= 0.6 is 0 Å². The summed E-state index contributed by atoms with van der Waals surface area (Å²) < 4.78 is 64.7. The van der Waals surface area contributed by atoms with Crippen molar-refractivity contribution in [2.75, 3.05) is 0 Å². The molecule has 2 rings (SSSR count). The van der Waals surface area contributed by atoms with E-state index in [2.05, 4.69) is 10.5 Å². The molecule has 1 amide bonds. The van der Waals surface area contributed by atoms with E-state index in [0.717, 1.165) is 36.5 Å². The standard InChI is InChI=1S/C19H17F5N2O2/c1-2-17(18(27)25-11-13-9-15(20)6-7-16(13)21)28-26-10-12-4-3-5-14(8-12)19(22,23)24/h3-10,17H,2,11H2,1H3,(H,25,27). The Hall–Kier alpha value is -2.97. The van der Waals surface area contributed by atoms with E-state index < -0.39 is 35.4 Å². The lowest BCUT2D eigenvalue weighted by Gasteiger charge is -2.13. The quantitative estimate of drug-likeness (QED) is 0.425. The molecule has 4 nitrogen and oxygen atoms in total. The summed E-state index contributed by atoms with van der Waals surface area (Å²) in [6.45, 7) is 1.38. The van der Waals surface area contributed by atoms with Crippen LogP contribution in [0.4, 0.5) is 22.0 Å². The first-order valence-corrected chi connectivity index (χ1v) is 8.28. The second-order valence-electron chi connectivity index (χ2n) is 5.81. The fourth-order valence-electron chi connectivity index (χ4n) is 2.24. The molecule has 0 spiro atoms. The van der Waals surface area contributed by atoms with Gasteiger partial charge in [0.05, 0.1) is 11.8 Å². The van der Waals surface area contributed by atoms with Gasteiger partial charge in [0.15, 0.2) is 0 Å². The number of nitrogens with zero attached hydrogens (tertiary/aromatic N) is 1. The fourth-order valence-corrected chi connectivity index (χ4v) is 2.24. The van der Waals surface area contributed by atoms with Crippen LogP contribution in [-0.2, 0) is 22.4 Å². The molecule has 150 valence electrons. The number of hydrogen-bond acceptors (Lipinski definition) is 3. The molecule has 28 heavy (non-hydrogen) atoms. The summed E-state index contributed by atoms with van der Waals surface area (Å²) in [6, 6.07) is 7.30. The normalized spacial score (nSPS) is 12.8. The largest absolute Gasteiger partial charge is 0.416 e. The SMILES string of the molecule is CCC(ON=Cc1cccc(C(F)(F)F)c1)C(=O)NCc1cc(F)ccc1F. The Morgan fingerprint density at radius 1 is 1.21 bits per heavy atom. The van der Waals surface area contributed by atoms with Crippen LogP contribution in [0.1, 0.15) is 30.0 Å². The topological polar surface area (TPSA) is 50.7 Å². The van der Waals surface area contributed by atoms with Gasteiger partial charge in [-0.25, -0.2) is 8.78 Å². The van der Waals surface area contributed by atoms with E-state index in [1.165, 1.54) is 12.1 Å². The highest BCUT2D eigenvalue weighted by Crippen LogP contribution is 2.29. The smallest absolute Gasteiger partial charge is 0.382 e. The van der Waals surface area contributed by atoms with Gasteiger partial charge in [-0.05, 0) is 42.3 Å². The Bertz CT molecular complexity index is 852. The van der Waals surface area contributed by atoms with Crippen molar-refractivity contribution in [3.8, 4) is 0 Å². The van der Waals surface area contributed by atoms with Gasteiger partial charge in [0.2, 0.25) is 6.10 Å². The predicted molar refractivity (Wildman–Crippen MR) is 92.4 cm³/mol. The minimum absolute atomic E-state index is 0.0318. The number of hydrogen-bond donors (Lipinski definition) is 1. The molecule has 1 atom stereocenters. The van der Waals surface area contributed by atoms with E-state index in [4.69, 9.17) is 4.84 Å². The Kier molecular flexibility index (Phi) is 7.08. The van der Waals surface area contributed by atoms with E-state index in [-0.39, 0.29) is 24.1 Å². The van der Waals surface area contributed by atoms with Gasteiger partial charge in [-0.1, -0.05) is 24.2 Å². The zero-order chi connectivity index (χ0) is 20.7. The van der Waals surface area contributed by atoms with Crippen LogP contribution in [0.3, 0.4) is 0 Å². The first-order chi connectivity index (χ1) is 13.2. The lowest BCUT2D eigenvalue weighted by Crippen LogP contribution is -2.35. The molecule has 1 unspecified atom stereocenters. The average Bonchev–Trinajstić information content (AvgIpc) is 2.65. The Morgan fingerprint density at radius 2 is 1.96 bits per heavy atom. The molecule has 2 aromatic rings. The molecule has 0 saturated heterocycles. The van der Waals surface area contributed by atoms with Crippen molar-refractivity contribution in [2.24, 2.45) is 5.16 Å². The highest BCUT2D eigenvalue weighted by molar-refractivity contribution is 5.81. The van der Waals surface area contributed by atoms with Crippen molar-refractivity contribution < 1.29 is 31.6 Å². The first-order valence-electron chi connectivity index (χ1n) is 8.28. The van der Waals surface area contributed by atoms with Gasteiger partial charge < -0.3 is 10.2 Å². The van der Waals surface area contributed by atoms with E-state index in [0.29, 0.717) is 0 Å². The van der Waals surface area contributed by atoms with E-state index >= 15 is 0 Å². The zero-order valence-electron chi connectivity index (χ0n) is 14.8. The van der Waals surface area contributed by atoms with E-state index in [1.807, 2.05) is 0 Å². The molecule has 1 N–H and O–H groups in total. The molecule has 0 aromatic heterocycles. The number of amides is 1. The monoisotopic (exact) mass is 400 g/mol. The summed E-state index contributed by atoms with van der Waals surface area (Å²) >= 11 is 0. The van der Waals surface area contributed by atoms with Crippen LogP contribution in [-0.4, -0.2) is 18.2 Å². The van der Waals surface area contributed by atoms with Crippen LogP contribution in [0.5, 0.6) is 0 Å². The summed E-state index contributed by atoms with van der Waals surface area (Å²) in [7, 11) is 0. The number of benzene rings is 2. The zero-order valence-corrected chi connectivity index (χ0v) is 14.8. The van der Waals surface area contributed by atoms with Gasteiger partial charge in [-0.15, -0.1) is 0 Å². The lowest BCUT2D eigenvalue weighted by atomic mass is 10.1. The maximum Gasteiger partial charge on any atom is 0.416 e. The Balaban J connectivity index is 1.95. The third-order valence-electron chi connectivity index (χ3n) is 3.73. The maximum absolute atomic E-state index is 13.6. The minimum Gasteiger partial charge on any atom is -0.382 e. The van der Waals surface area contributed by atoms with E-state index in [9.17, 15) is 26.7 Å². The van der Waals surface area contributed by atoms with Gasteiger partial charge in [-0.2, -0.15) is 13.2 Å². The number of alkyl halides is 3.